The van der Waals surface area contributed by atoms with Crippen LogP contribution in [0.4, 0.5) is 11.4 Å². The molecule has 0 aliphatic heterocycles. The van der Waals surface area contributed by atoms with Crippen LogP contribution in [0, 0.1) is 20.2 Å². The second kappa shape index (κ2) is 6.70. The van der Waals surface area contributed by atoms with Gasteiger partial charge in [-0.3, -0.25) is 20.2 Å². The molecule has 0 saturated carbocycles. The molecule has 28 heavy (non-hydrogen) atoms. The fourth-order valence-corrected chi connectivity index (χ4v) is 3.66. The van der Waals surface area contributed by atoms with Crippen molar-refractivity contribution in [3.63, 3.8) is 0 Å². The average Bonchev–Trinajstić information content (AvgIpc) is 2.72. The Hall–Kier alpha value is -3.87. The first-order chi connectivity index (χ1) is 13.5. The van der Waals surface area contributed by atoms with Crippen molar-refractivity contribution >= 4 is 33.1 Å². The highest BCUT2D eigenvalue weighted by atomic mass is 16.6. The Morgan fingerprint density at radius 1 is 0.786 bits per heavy atom. The number of nitrogens with zero attached hydrogens (tertiary/aromatic N) is 3. The van der Waals surface area contributed by atoms with E-state index in [-0.39, 0.29) is 11.4 Å². The van der Waals surface area contributed by atoms with Gasteiger partial charge in [0.05, 0.1) is 26.7 Å². The Bertz CT molecular complexity index is 1250. The predicted octanol–water partition coefficient (Wildman–Crippen LogP) is 4.78. The Labute approximate surface area is 159 Å². The molecule has 4 rings (SSSR count). The fraction of sp³-hybridized carbons (Fsp3) is 0.0952. The third-order valence-electron chi connectivity index (χ3n) is 4.88. The van der Waals surface area contributed by atoms with Crippen LogP contribution in [0.3, 0.4) is 0 Å². The number of hydrogen-bond acceptors (Lipinski definition) is 4. The standard InChI is InChI=1S/C21H16N3O4/c1-2-22-20-13-16(24(27)28)9-11-18(20)17-10-8-15(23(25)26)12-19(17)21(22)14-6-4-3-5-7-14/h3-13H,2H2,1H3/q+1. The summed E-state index contributed by atoms with van der Waals surface area (Å²) >= 11 is 0. The summed E-state index contributed by atoms with van der Waals surface area (Å²) in [5.41, 5.74) is 2.43. The molecular weight excluding hydrogens is 358 g/mol. The first kappa shape index (κ1) is 17.5. The van der Waals surface area contributed by atoms with Gasteiger partial charge in [-0.1, -0.05) is 18.2 Å². The van der Waals surface area contributed by atoms with Crippen LogP contribution in [0.1, 0.15) is 6.92 Å². The minimum absolute atomic E-state index is 0.00796. The zero-order valence-electron chi connectivity index (χ0n) is 15.0. The molecule has 0 radical (unpaired) electrons. The van der Waals surface area contributed by atoms with Crippen LogP contribution < -0.4 is 4.57 Å². The number of rotatable bonds is 4. The molecule has 0 atom stereocenters. The van der Waals surface area contributed by atoms with Crippen LogP contribution in [0.25, 0.3) is 32.9 Å². The van der Waals surface area contributed by atoms with Crippen LogP contribution in [0.5, 0.6) is 0 Å². The lowest BCUT2D eigenvalue weighted by Gasteiger charge is -2.11. The van der Waals surface area contributed by atoms with Gasteiger partial charge in [0.1, 0.15) is 6.54 Å². The van der Waals surface area contributed by atoms with Gasteiger partial charge in [-0.25, -0.2) is 0 Å². The lowest BCUT2D eigenvalue weighted by atomic mass is 9.98. The number of fused-ring (bicyclic) bond motifs is 3. The van der Waals surface area contributed by atoms with Crippen molar-refractivity contribution in [1.29, 1.82) is 0 Å². The minimum Gasteiger partial charge on any atom is -0.258 e. The normalized spacial score (nSPS) is 11.0. The first-order valence-corrected chi connectivity index (χ1v) is 8.78. The Balaban J connectivity index is 2.24. The molecule has 0 unspecified atom stereocenters. The summed E-state index contributed by atoms with van der Waals surface area (Å²) in [5.74, 6) is 0. The van der Waals surface area contributed by atoms with Gasteiger partial charge in [0.25, 0.3) is 11.4 Å². The van der Waals surface area contributed by atoms with Gasteiger partial charge in [0, 0.05) is 29.1 Å². The first-order valence-electron chi connectivity index (χ1n) is 8.78. The van der Waals surface area contributed by atoms with Crippen LogP contribution in [0.15, 0.2) is 66.7 Å². The van der Waals surface area contributed by atoms with E-state index < -0.39 is 9.85 Å². The van der Waals surface area contributed by atoms with Gasteiger partial charge >= 0.3 is 0 Å². The SMILES string of the molecule is CC[n+]1c(-c2ccccc2)c2cc([N+](=O)[O-])ccc2c2ccc([N+](=O)[O-])cc21. The Morgan fingerprint density at radius 3 is 2.00 bits per heavy atom. The summed E-state index contributed by atoms with van der Waals surface area (Å²) in [6.45, 7) is 2.51. The summed E-state index contributed by atoms with van der Waals surface area (Å²) in [7, 11) is 0. The number of nitro benzene ring substituents is 2. The van der Waals surface area contributed by atoms with E-state index in [0.717, 1.165) is 32.9 Å². The molecule has 1 aromatic heterocycles. The molecule has 4 aromatic rings. The monoisotopic (exact) mass is 374 g/mol. The number of aryl methyl sites for hydroxylation is 1. The minimum atomic E-state index is -0.415. The molecule has 0 N–H and O–H groups in total. The number of hydrogen-bond donors (Lipinski definition) is 0. The van der Waals surface area contributed by atoms with Crippen molar-refractivity contribution in [2.24, 2.45) is 0 Å². The van der Waals surface area contributed by atoms with Crippen LogP contribution in [-0.4, -0.2) is 9.85 Å². The summed E-state index contributed by atoms with van der Waals surface area (Å²) in [6.07, 6.45) is 0. The van der Waals surface area contributed by atoms with Gasteiger partial charge in [0.2, 0.25) is 11.2 Å². The molecule has 0 spiro atoms. The van der Waals surface area contributed by atoms with Gasteiger partial charge < -0.3 is 0 Å². The molecule has 1 heterocycles. The molecule has 3 aromatic carbocycles. The number of aromatic nitrogens is 1. The summed E-state index contributed by atoms with van der Waals surface area (Å²) in [5, 5.41) is 25.0. The number of non-ortho nitro benzene ring substituents is 2. The molecule has 0 amide bonds. The van der Waals surface area contributed by atoms with E-state index in [2.05, 4.69) is 0 Å². The third-order valence-corrected chi connectivity index (χ3v) is 4.88. The van der Waals surface area contributed by atoms with Gasteiger partial charge in [-0.05, 0) is 31.2 Å². The maximum Gasteiger partial charge on any atom is 0.276 e. The predicted molar refractivity (Wildman–Crippen MR) is 106 cm³/mol. The van der Waals surface area contributed by atoms with Crippen LogP contribution in [-0.2, 0) is 6.54 Å². The molecule has 138 valence electrons. The highest BCUT2D eigenvalue weighted by Crippen LogP contribution is 2.34. The van der Waals surface area contributed by atoms with E-state index in [0.29, 0.717) is 6.54 Å². The van der Waals surface area contributed by atoms with Gasteiger partial charge in [-0.15, -0.1) is 0 Å². The van der Waals surface area contributed by atoms with E-state index in [4.69, 9.17) is 0 Å². The van der Waals surface area contributed by atoms with Gasteiger partial charge in [-0.2, -0.15) is 4.57 Å². The summed E-state index contributed by atoms with van der Waals surface area (Å²) in [6, 6.07) is 19.1. The zero-order chi connectivity index (χ0) is 19.8. The topological polar surface area (TPSA) is 90.2 Å². The van der Waals surface area contributed by atoms with Crippen molar-refractivity contribution in [1.82, 2.24) is 0 Å². The lowest BCUT2D eigenvalue weighted by Crippen LogP contribution is -2.36. The quantitative estimate of drug-likeness (QED) is 0.222. The van der Waals surface area contributed by atoms with Crippen LogP contribution in [0.2, 0.25) is 0 Å². The molecule has 0 bridgehead atoms. The second-order valence-electron chi connectivity index (χ2n) is 6.40. The maximum atomic E-state index is 11.4. The molecule has 0 aliphatic rings. The van der Waals surface area contributed by atoms with Crippen LogP contribution >= 0.6 is 0 Å². The number of pyridine rings is 1. The average molecular weight is 374 g/mol. The molecule has 7 nitrogen and oxygen atoms in total. The van der Waals surface area contributed by atoms with E-state index in [1.807, 2.05) is 41.8 Å². The Kier molecular flexibility index (Phi) is 4.19. The fourth-order valence-electron chi connectivity index (χ4n) is 3.66. The van der Waals surface area contributed by atoms with Crippen molar-refractivity contribution in [3.05, 3.63) is 87.0 Å². The third kappa shape index (κ3) is 2.73. The van der Waals surface area contributed by atoms with E-state index in [1.54, 1.807) is 24.3 Å². The van der Waals surface area contributed by atoms with Crippen molar-refractivity contribution in [2.45, 2.75) is 13.5 Å². The lowest BCUT2D eigenvalue weighted by molar-refractivity contribution is -0.655. The number of benzene rings is 3. The highest BCUT2D eigenvalue weighted by molar-refractivity contribution is 6.09. The van der Waals surface area contributed by atoms with Crippen molar-refractivity contribution < 1.29 is 14.4 Å². The molecular formula is C21H16N3O4+. The molecule has 0 saturated heterocycles. The number of nitro groups is 2. The van der Waals surface area contributed by atoms with E-state index >= 15 is 0 Å². The largest absolute Gasteiger partial charge is 0.276 e. The maximum absolute atomic E-state index is 11.4. The van der Waals surface area contributed by atoms with Crippen molar-refractivity contribution in [3.8, 4) is 11.3 Å². The zero-order valence-corrected chi connectivity index (χ0v) is 15.0. The van der Waals surface area contributed by atoms with E-state index in [9.17, 15) is 20.2 Å². The molecule has 0 aliphatic carbocycles. The summed E-state index contributed by atoms with van der Waals surface area (Å²) in [4.78, 5) is 21.8. The van der Waals surface area contributed by atoms with Crippen molar-refractivity contribution in [2.75, 3.05) is 0 Å². The highest BCUT2D eigenvalue weighted by Gasteiger charge is 2.25. The van der Waals surface area contributed by atoms with Gasteiger partial charge in [0.15, 0.2) is 0 Å². The summed E-state index contributed by atoms with van der Waals surface area (Å²) < 4.78 is 1.98. The van der Waals surface area contributed by atoms with E-state index in [1.165, 1.54) is 12.1 Å². The Morgan fingerprint density at radius 2 is 1.39 bits per heavy atom. The molecule has 0 fully saturated rings. The smallest absolute Gasteiger partial charge is 0.258 e. The molecule has 7 heteroatoms. The second-order valence-corrected chi connectivity index (χ2v) is 6.40.